The highest BCUT2D eigenvalue weighted by Gasteiger charge is 2.25. The second kappa shape index (κ2) is 10.1. The molecule has 1 N–H and O–H groups in total. The minimum atomic E-state index is -0.452. The Morgan fingerprint density at radius 2 is 1.88 bits per heavy atom. The number of nitrogens with zero attached hydrogens (tertiary/aromatic N) is 3. The predicted octanol–water partition coefficient (Wildman–Crippen LogP) is 3.97. The Morgan fingerprint density at radius 3 is 2.58 bits per heavy atom. The fourth-order valence-corrected chi connectivity index (χ4v) is 4.99. The fraction of sp³-hybridized carbons (Fsp3) is 0.320. The molecule has 172 valence electrons. The van der Waals surface area contributed by atoms with Crippen molar-refractivity contribution in [1.82, 2.24) is 9.88 Å². The van der Waals surface area contributed by atoms with Gasteiger partial charge in [0.1, 0.15) is 16.4 Å². The van der Waals surface area contributed by atoms with E-state index >= 15 is 0 Å². The molecule has 7 nitrogen and oxygen atoms in total. The average Bonchev–Trinajstić information content (AvgIpc) is 3.24. The van der Waals surface area contributed by atoms with Crippen molar-refractivity contribution in [3.8, 4) is 11.1 Å². The van der Waals surface area contributed by atoms with Gasteiger partial charge in [0, 0.05) is 43.3 Å². The maximum Gasteiger partial charge on any atom is 0.341 e. The third kappa shape index (κ3) is 5.23. The number of amides is 1. The highest BCUT2D eigenvalue weighted by Crippen LogP contribution is 2.38. The molecule has 0 atom stereocenters. The van der Waals surface area contributed by atoms with Gasteiger partial charge >= 0.3 is 5.97 Å². The van der Waals surface area contributed by atoms with Crippen LogP contribution in [-0.4, -0.2) is 61.6 Å². The summed E-state index contributed by atoms with van der Waals surface area (Å²) in [7, 11) is 1.36. The van der Waals surface area contributed by atoms with Crippen molar-refractivity contribution >= 4 is 34.0 Å². The van der Waals surface area contributed by atoms with Crippen LogP contribution in [0.1, 0.15) is 21.5 Å². The van der Waals surface area contributed by atoms with Crippen molar-refractivity contribution < 1.29 is 14.3 Å². The lowest BCUT2D eigenvalue weighted by Crippen LogP contribution is -2.48. The van der Waals surface area contributed by atoms with Gasteiger partial charge in [-0.3, -0.25) is 9.69 Å². The number of hydrogen-bond acceptors (Lipinski definition) is 7. The molecule has 1 saturated heterocycles. The standard InChI is InChI=1S/C25H28N4O3S/c1-17-7-8-18(2)19(14-17)20-16-33-24(23(20)25(31)32-3)27-22(30)15-28-10-12-29(13-11-28)21-6-4-5-9-26-21/h4-9,14,16H,10-13,15H2,1-3H3,(H,27,30). The van der Waals surface area contributed by atoms with Crippen LogP contribution in [0.4, 0.5) is 10.8 Å². The topological polar surface area (TPSA) is 74.8 Å². The van der Waals surface area contributed by atoms with E-state index < -0.39 is 5.97 Å². The second-order valence-corrected chi connectivity index (χ2v) is 9.04. The number of methoxy groups -OCH3 is 1. The van der Waals surface area contributed by atoms with Crippen molar-refractivity contribution in [1.29, 1.82) is 0 Å². The number of anilines is 2. The number of nitrogens with one attached hydrogen (secondary N) is 1. The molecule has 0 unspecified atom stereocenters. The van der Waals surface area contributed by atoms with Crippen molar-refractivity contribution in [3.05, 3.63) is 64.7 Å². The van der Waals surface area contributed by atoms with E-state index in [1.54, 1.807) is 6.20 Å². The molecule has 1 amide bonds. The van der Waals surface area contributed by atoms with E-state index in [0.717, 1.165) is 54.3 Å². The molecule has 4 rings (SSSR count). The number of pyridine rings is 1. The number of aromatic nitrogens is 1. The molecule has 3 aromatic rings. The van der Waals surface area contributed by atoms with Crippen molar-refractivity contribution in [2.75, 3.05) is 50.1 Å². The smallest absolute Gasteiger partial charge is 0.341 e. The molecule has 0 spiro atoms. The van der Waals surface area contributed by atoms with Gasteiger partial charge in [-0.2, -0.15) is 0 Å². The van der Waals surface area contributed by atoms with E-state index in [2.05, 4.69) is 26.2 Å². The third-order valence-electron chi connectivity index (χ3n) is 5.83. The van der Waals surface area contributed by atoms with E-state index in [1.165, 1.54) is 18.4 Å². The molecule has 1 aliphatic rings. The van der Waals surface area contributed by atoms with E-state index in [0.29, 0.717) is 10.6 Å². The molecule has 33 heavy (non-hydrogen) atoms. The Balaban J connectivity index is 1.44. The average molecular weight is 465 g/mol. The molecule has 2 aromatic heterocycles. The number of rotatable bonds is 6. The molecular weight excluding hydrogens is 436 g/mol. The summed E-state index contributed by atoms with van der Waals surface area (Å²) in [6.07, 6.45) is 1.79. The number of esters is 1. The first-order valence-electron chi connectivity index (χ1n) is 10.9. The van der Waals surface area contributed by atoms with Crippen LogP contribution in [0.15, 0.2) is 48.0 Å². The predicted molar refractivity (Wildman–Crippen MR) is 132 cm³/mol. The molecule has 1 fully saturated rings. The summed E-state index contributed by atoms with van der Waals surface area (Å²) in [6.45, 7) is 7.46. The third-order valence-corrected chi connectivity index (χ3v) is 6.72. The fourth-order valence-electron chi connectivity index (χ4n) is 4.02. The lowest BCUT2D eigenvalue weighted by molar-refractivity contribution is -0.117. The first kappa shape index (κ1) is 22.9. The summed E-state index contributed by atoms with van der Waals surface area (Å²) in [5.41, 5.74) is 4.33. The van der Waals surface area contributed by atoms with Gasteiger partial charge < -0.3 is 15.0 Å². The number of hydrogen-bond donors (Lipinski definition) is 1. The number of carbonyl (C=O) groups is 2. The van der Waals surface area contributed by atoms with Gasteiger partial charge in [0.25, 0.3) is 0 Å². The lowest BCUT2D eigenvalue weighted by atomic mass is 9.97. The molecule has 0 saturated carbocycles. The Hall–Kier alpha value is -3.23. The molecule has 1 aliphatic heterocycles. The molecule has 8 heteroatoms. The van der Waals surface area contributed by atoms with Gasteiger partial charge in [-0.1, -0.05) is 29.8 Å². The van der Waals surface area contributed by atoms with Crippen molar-refractivity contribution in [2.24, 2.45) is 0 Å². The maximum absolute atomic E-state index is 12.8. The Labute approximate surface area is 198 Å². The normalized spacial score (nSPS) is 14.2. The van der Waals surface area contributed by atoms with Crippen LogP contribution >= 0.6 is 11.3 Å². The van der Waals surface area contributed by atoms with Crippen LogP contribution < -0.4 is 10.2 Å². The molecular formula is C25H28N4O3S. The van der Waals surface area contributed by atoms with E-state index in [-0.39, 0.29) is 12.5 Å². The summed E-state index contributed by atoms with van der Waals surface area (Å²) in [5.74, 6) is 0.370. The summed E-state index contributed by atoms with van der Waals surface area (Å²) in [4.78, 5) is 34.2. The van der Waals surface area contributed by atoms with Gasteiger partial charge in [0.15, 0.2) is 0 Å². The molecule has 1 aromatic carbocycles. The van der Waals surface area contributed by atoms with E-state index in [4.69, 9.17) is 4.74 Å². The number of ether oxygens (including phenoxy) is 1. The van der Waals surface area contributed by atoms with Crippen LogP contribution in [0.2, 0.25) is 0 Å². The number of aryl methyl sites for hydroxylation is 2. The first-order chi connectivity index (χ1) is 16.0. The van der Waals surface area contributed by atoms with Crippen LogP contribution in [0, 0.1) is 13.8 Å². The largest absolute Gasteiger partial charge is 0.465 e. The SMILES string of the molecule is COC(=O)c1c(-c2cc(C)ccc2C)csc1NC(=O)CN1CCN(c2ccccn2)CC1. The Kier molecular flexibility index (Phi) is 7.05. The Morgan fingerprint density at radius 1 is 1.09 bits per heavy atom. The van der Waals surface area contributed by atoms with Crippen LogP contribution in [0.25, 0.3) is 11.1 Å². The van der Waals surface area contributed by atoms with Crippen molar-refractivity contribution in [2.45, 2.75) is 13.8 Å². The molecule has 0 radical (unpaired) electrons. The monoisotopic (exact) mass is 464 g/mol. The van der Waals surface area contributed by atoms with Gasteiger partial charge in [-0.25, -0.2) is 9.78 Å². The number of carbonyl (C=O) groups excluding carboxylic acids is 2. The maximum atomic E-state index is 12.8. The highest BCUT2D eigenvalue weighted by molar-refractivity contribution is 7.15. The highest BCUT2D eigenvalue weighted by atomic mass is 32.1. The Bertz CT molecular complexity index is 1140. The summed E-state index contributed by atoms with van der Waals surface area (Å²) in [5, 5.41) is 5.39. The lowest BCUT2D eigenvalue weighted by Gasteiger charge is -2.34. The van der Waals surface area contributed by atoms with Crippen LogP contribution in [0.3, 0.4) is 0 Å². The first-order valence-corrected chi connectivity index (χ1v) is 11.8. The minimum Gasteiger partial charge on any atom is -0.465 e. The molecule has 0 aliphatic carbocycles. The van der Waals surface area contributed by atoms with E-state index in [9.17, 15) is 9.59 Å². The number of piperazine rings is 1. The summed E-state index contributed by atoms with van der Waals surface area (Å²) < 4.78 is 5.05. The van der Waals surface area contributed by atoms with Crippen LogP contribution in [0.5, 0.6) is 0 Å². The van der Waals surface area contributed by atoms with Gasteiger partial charge in [-0.05, 0) is 37.1 Å². The van der Waals surface area contributed by atoms with Gasteiger partial charge in [0.2, 0.25) is 5.91 Å². The van der Waals surface area contributed by atoms with Crippen LogP contribution in [-0.2, 0) is 9.53 Å². The summed E-state index contributed by atoms with van der Waals surface area (Å²) >= 11 is 1.35. The van der Waals surface area contributed by atoms with E-state index in [1.807, 2.05) is 49.6 Å². The van der Waals surface area contributed by atoms with Gasteiger partial charge in [0.05, 0.1) is 13.7 Å². The van der Waals surface area contributed by atoms with Crippen molar-refractivity contribution in [3.63, 3.8) is 0 Å². The zero-order valence-corrected chi connectivity index (χ0v) is 19.9. The molecule has 3 heterocycles. The quantitative estimate of drug-likeness (QED) is 0.557. The minimum absolute atomic E-state index is 0.138. The molecule has 0 bridgehead atoms. The van der Waals surface area contributed by atoms with Gasteiger partial charge in [-0.15, -0.1) is 11.3 Å². The zero-order valence-electron chi connectivity index (χ0n) is 19.1. The number of thiophene rings is 1. The summed E-state index contributed by atoms with van der Waals surface area (Å²) in [6, 6.07) is 12.0. The number of benzene rings is 1. The second-order valence-electron chi connectivity index (χ2n) is 8.16. The zero-order chi connectivity index (χ0) is 23.4.